The van der Waals surface area contributed by atoms with Crippen molar-refractivity contribution in [2.75, 3.05) is 20.1 Å². The van der Waals surface area contributed by atoms with E-state index in [4.69, 9.17) is 4.74 Å². The van der Waals surface area contributed by atoms with Crippen LogP contribution in [0.4, 0.5) is 0 Å². The Morgan fingerprint density at radius 2 is 1.97 bits per heavy atom. The van der Waals surface area contributed by atoms with Crippen LogP contribution in [-0.4, -0.2) is 41.5 Å². The van der Waals surface area contributed by atoms with Gasteiger partial charge in [-0.1, -0.05) is 30.3 Å². The Morgan fingerprint density at radius 1 is 1.20 bits per heavy atom. The second-order valence-corrected chi connectivity index (χ2v) is 9.64. The Morgan fingerprint density at radius 3 is 2.80 bits per heavy atom. The van der Waals surface area contributed by atoms with E-state index in [9.17, 15) is 4.79 Å². The molecular weight excluding hydrogens is 394 g/mol. The molecule has 0 bridgehead atoms. The van der Waals surface area contributed by atoms with E-state index in [-0.39, 0.29) is 17.6 Å². The largest absolute Gasteiger partial charge is 0.487 e. The number of thiazole rings is 1. The standard InChI is InChI=1S/C24H27N3O2S/c1-27-14-12-24(13-15-27)16-19(17-6-2-4-8-20(17)29-24)25-22(28)10-11-23-26-18-7-3-5-9-21(18)30-23/h2-9,19H,10-16H2,1H3,(H,25,28)/t19-/m1/s1. The van der Waals surface area contributed by atoms with Crippen molar-refractivity contribution in [3.05, 3.63) is 59.1 Å². The molecule has 2 aliphatic rings. The summed E-state index contributed by atoms with van der Waals surface area (Å²) < 4.78 is 7.67. The summed E-state index contributed by atoms with van der Waals surface area (Å²) in [5.74, 6) is 1.00. The lowest BCUT2D eigenvalue weighted by Gasteiger charge is -2.46. The van der Waals surface area contributed by atoms with Crippen LogP contribution < -0.4 is 10.1 Å². The number of para-hydroxylation sites is 2. The highest BCUT2D eigenvalue weighted by atomic mass is 32.1. The number of likely N-dealkylation sites (tertiary alicyclic amines) is 1. The molecule has 0 unspecified atom stereocenters. The lowest BCUT2D eigenvalue weighted by atomic mass is 9.80. The molecule has 1 aromatic heterocycles. The first-order valence-electron chi connectivity index (χ1n) is 10.7. The molecule has 1 atom stereocenters. The van der Waals surface area contributed by atoms with Crippen LogP contribution in [0, 0.1) is 0 Å². The number of nitrogens with one attached hydrogen (secondary N) is 1. The highest BCUT2D eigenvalue weighted by Crippen LogP contribution is 2.44. The van der Waals surface area contributed by atoms with Crippen molar-refractivity contribution in [3.8, 4) is 5.75 Å². The first-order valence-corrected chi connectivity index (χ1v) is 11.5. The van der Waals surface area contributed by atoms with Crippen LogP contribution >= 0.6 is 11.3 Å². The monoisotopic (exact) mass is 421 g/mol. The molecule has 3 aromatic rings. The van der Waals surface area contributed by atoms with Gasteiger partial charge in [0.05, 0.1) is 21.3 Å². The van der Waals surface area contributed by atoms with E-state index in [2.05, 4.69) is 34.4 Å². The summed E-state index contributed by atoms with van der Waals surface area (Å²) in [7, 11) is 2.16. The number of hydrogen-bond acceptors (Lipinski definition) is 5. The van der Waals surface area contributed by atoms with Crippen LogP contribution in [0.2, 0.25) is 0 Å². The number of fused-ring (bicyclic) bond motifs is 2. The van der Waals surface area contributed by atoms with E-state index in [1.807, 2.05) is 36.4 Å². The Hall–Kier alpha value is -2.44. The van der Waals surface area contributed by atoms with Crippen LogP contribution in [0.5, 0.6) is 5.75 Å². The number of rotatable bonds is 4. The molecule has 30 heavy (non-hydrogen) atoms. The van der Waals surface area contributed by atoms with E-state index < -0.39 is 0 Å². The van der Waals surface area contributed by atoms with Gasteiger partial charge in [0, 0.05) is 37.9 Å². The summed E-state index contributed by atoms with van der Waals surface area (Å²) in [5.41, 5.74) is 1.93. The third-order valence-corrected chi connectivity index (χ3v) is 7.43. The summed E-state index contributed by atoms with van der Waals surface area (Å²) in [6.45, 7) is 2.06. The van der Waals surface area contributed by atoms with Crippen molar-refractivity contribution >= 4 is 27.5 Å². The van der Waals surface area contributed by atoms with Crippen LogP contribution in [-0.2, 0) is 11.2 Å². The van der Waals surface area contributed by atoms with Gasteiger partial charge in [0.1, 0.15) is 11.4 Å². The first kappa shape index (κ1) is 19.5. The van der Waals surface area contributed by atoms with Crippen molar-refractivity contribution in [1.29, 1.82) is 0 Å². The van der Waals surface area contributed by atoms with E-state index in [0.717, 1.165) is 54.2 Å². The average molecular weight is 422 g/mol. The van der Waals surface area contributed by atoms with Gasteiger partial charge in [-0.05, 0) is 38.1 Å². The number of piperidine rings is 1. The number of aromatic nitrogens is 1. The predicted octanol–water partition coefficient (Wildman–Crippen LogP) is 4.33. The normalized spacial score (nSPS) is 20.6. The lowest BCUT2D eigenvalue weighted by molar-refractivity contribution is -0.122. The summed E-state index contributed by atoms with van der Waals surface area (Å²) in [5, 5.41) is 4.33. The summed E-state index contributed by atoms with van der Waals surface area (Å²) in [6.07, 6.45) is 3.96. The summed E-state index contributed by atoms with van der Waals surface area (Å²) in [4.78, 5) is 19.9. The third-order valence-electron chi connectivity index (χ3n) is 6.33. The maximum absolute atomic E-state index is 12.8. The molecule has 1 saturated heterocycles. The van der Waals surface area contributed by atoms with Crippen LogP contribution in [0.25, 0.3) is 10.2 Å². The molecule has 2 aromatic carbocycles. The topological polar surface area (TPSA) is 54.5 Å². The predicted molar refractivity (Wildman–Crippen MR) is 120 cm³/mol. The maximum Gasteiger partial charge on any atom is 0.220 e. The molecular formula is C24H27N3O2S. The first-order chi connectivity index (χ1) is 14.6. The summed E-state index contributed by atoms with van der Waals surface area (Å²) >= 11 is 1.68. The van der Waals surface area contributed by atoms with Gasteiger partial charge in [-0.25, -0.2) is 4.98 Å². The van der Waals surface area contributed by atoms with Crippen LogP contribution in [0.15, 0.2) is 48.5 Å². The zero-order valence-electron chi connectivity index (χ0n) is 17.3. The fourth-order valence-electron chi connectivity index (χ4n) is 4.59. The highest BCUT2D eigenvalue weighted by molar-refractivity contribution is 7.18. The Bertz CT molecular complexity index is 1020. The van der Waals surface area contributed by atoms with E-state index >= 15 is 0 Å². The number of amides is 1. The van der Waals surface area contributed by atoms with Gasteiger partial charge < -0.3 is 15.0 Å². The second-order valence-electron chi connectivity index (χ2n) is 8.53. The van der Waals surface area contributed by atoms with Crippen molar-refractivity contribution < 1.29 is 9.53 Å². The minimum atomic E-state index is -0.175. The molecule has 1 N–H and O–H groups in total. The second kappa shape index (κ2) is 8.00. The molecule has 5 nitrogen and oxygen atoms in total. The number of carbonyl (C=O) groups excluding carboxylic acids is 1. The Balaban J connectivity index is 1.28. The molecule has 3 heterocycles. The number of aryl methyl sites for hydroxylation is 1. The fraction of sp³-hybridized carbons (Fsp3) is 0.417. The number of carbonyl (C=O) groups is 1. The molecule has 0 aliphatic carbocycles. The van der Waals surface area contributed by atoms with Gasteiger partial charge in [-0.2, -0.15) is 0 Å². The van der Waals surface area contributed by atoms with Crippen LogP contribution in [0.1, 0.15) is 42.3 Å². The minimum absolute atomic E-state index is 0.00113. The summed E-state index contributed by atoms with van der Waals surface area (Å²) in [6, 6.07) is 16.3. The van der Waals surface area contributed by atoms with Gasteiger partial charge in [0.2, 0.25) is 5.91 Å². The van der Waals surface area contributed by atoms with Crippen molar-refractivity contribution in [2.24, 2.45) is 0 Å². The van der Waals surface area contributed by atoms with Gasteiger partial charge in [0.25, 0.3) is 0 Å². The lowest BCUT2D eigenvalue weighted by Crippen LogP contribution is -2.51. The third kappa shape index (κ3) is 3.94. The molecule has 156 valence electrons. The van der Waals surface area contributed by atoms with Gasteiger partial charge in [0.15, 0.2) is 0 Å². The quantitative estimate of drug-likeness (QED) is 0.681. The van der Waals surface area contributed by atoms with Gasteiger partial charge in [-0.3, -0.25) is 4.79 Å². The molecule has 6 heteroatoms. The Kier molecular flexibility index (Phi) is 5.21. The van der Waals surface area contributed by atoms with E-state index in [1.165, 1.54) is 4.70 Å². The van der Waals surface area contributed by atoms with E-state index in [0.29, 0.717) is 12.8 Å². The molecule has 2 aliphatic heterocycles. The average Bonchev–Trinajstić information content (AvgIpc) is 3.18. The molecule has 1 amide bonds. The SMILES string of the molecule is CN1CCC2(CC1)C[C@@H](NC(=O)CCc1nc3ccccc3s1)c1ccccc1O2. The highest BCUT2D eigenvalue weighted by Gasteiger charge is 2.43. The number of benzene rings is 2. The zero-order valence-corrected chi connectivity index (χ0v) is 18.1. The molecule has 1 fully saturated rings. The maximum atomic E-state index is 12.8. The fourth-order valence-corrected chi connectivity index (χ4v) is 5.56. The van der Waals surface area contributed by atoms with Crippen LogP contribution in [0.3, 0.4) is 0 Å². The van der Waals surface area contributed by atoms with Gasteiger partial charge >= 0.3 is 0 Å². The number of ether oxygens (including phenoxy) is 1. The molecule has 0 radical (unpaired) electrons. The number of nitrogens with zero attached hydrogens (tertiary/aromatic N) is 2. The zero-order chi connectivity index (χ0) is 20.6. The molecule has 0 saturated carbocycles. The van der Waals surface area contributed by atoms with Gasteiger partial charge in [-0.15, -0.1) is 11.3 Å². The minimum Gasteiger partial charge on any atom is -0.487 e. The van der Waals surface area contributed by atoms with Crippen molar-refractivity contribution in [2.45, 2.75) is 43.7 Å². The van der Waals surface area contributed by atoms with Crippen molar-refractivity contribution in [1.82, 2.24) is 15.2 Å². The smallest absolute Gasteiger partial charge is 0.220 e. The van der Waals surface area contributed by atoms with E-state index in [1.54, 1.807) is 11.3 Å². The molecule has 1 spiro atoms. The Labute approximate surface area is 181 Å². The van der Waals surface area contributed by atoms with Crippen molar-refractivity contribution in [3.63, 3.8) is 0 Å². The number of hydrogen-bond donors (Lipinski definition) is 1. The molecule has 5 rings (SSSR count).